The van der Waals surface area contributed by atoms with Crippen LogP contribution in [0.5, 0.6) is 0 Å². The molecule has 0 aliphatic heterocycles. The second kappa shape index (κ2) is 21.7. The summed E-state index contributed by atoms with van der Waals surface area (Å²) in [6.07, 6.45) is 17.6. The highest BCUT2D eigenvalue weighted by molar-refractivity contribution is 5.66. The molecule has 0 aromatic carbocycles. The second-order valence-electron chi connectivity index (χ2n) is 5.78. The van der Waals surface area contributed by atoms with E-state index in [0.717, 1.165) is 0 Å². The minimum Gasteiger partial charge on any atom is -0.481 e. The molecule has 0 heterocycles. The van der Waals surface area contributed by atoms with Gasteiger partial charge in [0.15, 0.2) is 0 Å². The molecule has 0 aromatic rings. The summed E-state index contributed by atoms with van der Waals surface area (Å²) in [5, 5.41) is 10.7. The molecule has 0 amide bonds. The standard InChI is InChI=1S/C14H30.C4H9NO2/c1-3-5-7-9-11-13-14-12-10-8-6-4-2;1-5-3-2-4(6)7/h3-14H2,1-2H3;5H,2-3H2,1H3,(H,6,7). The maximum Gasteiger partial charge on any atom is 0.304 e. The van der Waals surface area contributed by atoms with Gasteiger partial charge in [-0.2, -0.15) is 0 Å². The largest absolute Gasteiger partial charge is 0.481 e. The first-order chi connectivity index (χ1) is 10.2. The molecule has 0 radical (unpaired) electrons. The van der Waals surface area contributed by atoms with Crippen LogP contribution in [0.3, 0.4) is 0 Å². The Labute approximate surface area is 132 Å². The van der Waals surface area contributed by atoms with Crippen molar-refractivity contribution in [3.63, 3.8) is 0 Å². The Balaban J connectivity index is 0. The van der Waals surface area contributed by atoms with E-state index >= 15 is 0 Å². The number of hydrogen-bond acceptors (Lipinski definition) is 2. The minimum absolute atomic E-state index is 0.205. The summed E-state index contributed by atoms with van der Waals surface area (Å²) < 4.78 is 0. The van der Waals surface area contributed by atoms with Crippen LogP contribution in [-0.2, 0) is 4.79 Å². The van der Waals surface area contributed by atoms with Crippen LogP contribution >= 0.6 is 0 Å². The molecule has 0 aliphatic rings. The van der Waals surface area contributed by atoms with Gasteiger partial charge in [-0.1, -0.05) is 90.9 Å². The van der Waals surface area contributed by atoms with Gasteiger partial charge in [0.2, 0.25) is 0 Å². The number of rotatable bonds is 14. The first-order valence-electron chi connectivity index (χ1n) is 9.05. The Kier molecular flexibility index (Phi) is 23.5. The van der Waals surface area contributed by atoms with E-state index in [-0.39, 0.29) is 6.42 Å². The summed E-state index contributed by atoms with van der Waals surface area (Å²) in [6, 6.07) is 0. The zero-order chi connectivity index (χ0) is 16.2. The van der Waals surface area contributed by atoms with Crippen molar-refractivity contribution in [3.05, 3.63) is 0 Å². The SMILES string of the molecule is CCCCCCCCCCCCCC.CNCCC(=O)O. The maximum atomic E-state index is 9.72. The normalized spacial score (nSPS) is 10.0. The summed E-state index contributed by atoms with van der Waals surface area (Å²) in [4.78, 5) is 9.72. The molecule has 0 saturated heterocycles. The number of carbonyl (C=O) groups is 1. The summed E-state index contributed by atoms with van der Waals surface area (Å²) in [5.74, 6) is -0.755. The average Bonchev–Trinajstić information content (AvgIpc) is 2.48. The molecule has 0 aliphatic carbocycles. The Morgan fingerprint density at radius 1 is 0.762 bits per heavy atom. The zero-order valence-corrected chi connectivity index (χ0v) is 14.8. The topological polar surface area (TPSA) is 49.3 Å². The summed E-state index contributed by atoms with van der Waals surface area (Å²) >= 11 is 0. The minimum atomic E-state index is -0.755. The van der Waals surface area contributed by atoms with E-state index in [1.165, 1.54) is 77.0 Å². The van der Waals surface area contributed by atoms with Crippen molar-refractivity contribution in [1.29, 1.82) is 0 Å². The van der Waals surface area contributed by atoms with Crippen molar-refractivity contribution in [2.24, 2.45) is 0 Å². The fraction of sp³-hybridized carbons (Fsp3) is 0.944. The number of aliphatic carboxylic acids is 1. The van der Waals surface area contributed by atoms with Gasteiger partial charge in [-0.05, 0) is 7.05 Å². The van der Waals surface area contributed by atoms with E-state index in [0.29, 0.717) is 6.54 Å². The molecule has 0 unspecified atom stereocenters. The highest BCUT2D eigenvalue weighted by atomic mass is 16.4. The molecular formula is C18H39NO2. The fourth-order valence-corrected chi connectivity index (χ4v) is 2.15. The van der Waals surface area contributed by atoms with Crippen molar-refractivity contribution in [2.75, 3.05) is 13.6 Å². The van der Waals surface area contributed by atoms with Crippen LogP contribution in [0.4, 0.5) is 0 Å². The van der Waals surface area contributed by atoms with E-state index in [9.17, 15) is 4.79 Å². The molecule has 0 fully saturated rings. The van der Waals surface area contributed by atoms with Crippen molar-refractivity contribution < 1.29 is 9.90 Å². The molecule has 3 nitrogen and oxygen atoms in total. The van der Waals surface area contributed by atoms with Gasteiger partial charge in [-0.25, -0.2) is 0 Å². The quantitative estimate of drug-likeness (QED) is 0.423. The van der Waals surface area contributed by atoms with E-state index in [1.807, 2.05) is 0 Å². The maximum absolute atomic E-state index is 9.72. The predicted molar refractivity (Wildman–Crippen MR) is 92.9 cm³/mol. The number of carboxylic acid groups (broad SMARTS) is 1. The smallest absolute Gasteiger partial charge is 0.304 e. The number of hydrogen-bond donors (Lipinski definition) is 2. The van der Waals surface area contributed by atoms with Crippen LogP contribution in [0.25, 0.3) is 0 Å². The molecular weight excluding hydrogens is 262 g/mol. The average molecular weight is 302 g/mol. The monoisotopic (exact) mass is 301 g/mol. The number of unbranched alkanes of at least 4 members (excludes halogenated alkanes) is 11. The van der Waals surface area contributed by atoms with Gasteiger partial charge < -0.3 is 10.4 Å². The molecule has 21 heavy (non-hydrogen) atoms. The lowest BCUT2D eigenvalue weighted by molar-refractivity contribution is -0.136. The predicted octanol–water partition coefficient (Wildman–Crippen LogP) is 5.39. The van der Waals surface area contributed by atoms with Crippen molar-refractivity contribution in [1.82, 2.24) is 5.32 Å². The van der Waals surface area contributed by atoms with Crippen LogP contribution in [0.15, 0.2) is 0 Å². The van der Waals surface area contributed by atoms with Crippen molar-refractivity contribution >= 4 is 5.97 Å². The lowest BCUT2D eigenvalue weighted by Crippen LogP contribution is -2.11. The van der Waals surface area contributed by atoms with Crippen LogP contribution < -0.4 is 5.32 Å². The van der Waals surface area contributed by atoms with Crippen molar-refractivity contribution in [3.8, 4) is 0 Å². The van der Waals surface area contributed by atoms with E-state index in [1.54, 1.807) is 7.05 Å². The molecule has 2 N–H and O–H groups in total. The lowest BCUT2D eigenvalue weighted by atomic mass is 10.1. The Bertz CT molecular complexity index is 184. The summed E-state index contributed by atoms with van der Waals surface area (Å²) in [7, 11) is 1.73. The van der Waals surface area contributed by atoms with Gasteiger partial charge in [0.25, 0.3) is 0 Å². The third-order valence-electron chi connectivity index (χ3n) is 3.55. The van der Waals surface area contributed by atoms with Gasteiger partial charge in [0, 0.05) is 6.54 Å². The molecule has 0 atom stereocenters. The molecule has 0 rings (SSSR count). The Hall–Kier alpha value is -0.570. The molecule has 0 saturated carbocycles. The molecule has 0 aromatic heterocycles. The number of carboxylic acids is 1. The molecule has 0 spiro atoms. The third-order valence-corrected chi connectivity index (χ3v) is 3.55. The van der Waals surface area contributed by atoms with Gasteiger partial charge in [-0.3, -0.25) is 4.79 Å². The first kappa shape index (κ1) is 22.7. The van der Waals surface area contributed by atoms with Gasteiger partial charge in [0.1, 0.15) is 0 Å². The van der Waals surface area contributed by atoms with Crippen LogP contribution in [0.2, 0.25) is 0 Å². The molecule has 3 heteroatoms. The van der Waals surface area contributed by atoms with Crippen molar-refractivity contribution in [2.45, 2.75) is 97.3 Å². The summed E-state index contributed by atoms with van der Waals surface area (Å²) in [5.41, 5.74) is 0. The van der Waals surface area contributed by atoms with E-state index in [2.05, 4.69) is 19.2 Å². The second-order valence-corrected chi connectivity index (χ2v) is 5.78. The van der Waals surface area contributed by atoms with Gasteiger partial charge in [0.05, 0.1) is 6.42 Å². The highest BCUT2D eigenvalue weighted by Crippen LogP contribution is 2.11. The Morgan fingerprint density at radius 2 is 1.10 bits per heavy atom. The third kappa shape index (κ3) is 28.3. The first-order valence-corrected chi connectivity index (χ1v) is 9.05. The van der Waals surface area contributed by atoms with Crippen LogP contribution in [0.1, 0.15) is 97.3 Å². The fourth-order valence-electron chi connectivity index (χ4n) is 2.15. The summed E-state index contributed by atoms with van der Waals surface area (Å²) in [6.45, 7) is 5.12. The van der Waals surface area contributed by atoms with Gasteiger partial charge in [-0.15, -0.1) is 0 Å². The van der Waals surface area contributed by atoms with Crippen LogP contribution in [0, 0.1) is 0 Å². The number of nitrogens with one attached hydrogen (secondary N) is 1. The van der Waals surface area contributed by atoms with E-state index in [4.69, 9.17) is 5.11 Å². The molecule has 0 bridgehead atoms. The van der Waals surface area contributed by atoms with E-state index < -0.39 is 5.97 Å². The molecule has 128 valence electrons. The van der Waals surface area contributed by atoms with Crippen LogP contribution in [-0.4, -0.2) is 24.7 Å². The lowest BCUT2D eigenvalue weighted by Gasteiger charge is -2.01. The van der Waals surface area contributed by atoms with Gasteiger partial charge >= 0.3 is 5.97 Å². The Morgan fingerprint density at radius 3 is 1.29 bits per heavy atom. The highest BCUT2D eigenvalue weighted by Gasteiger charge is 1.92. The zero-order valence-electron chi connectivity index (χ0n) is 14.8.